The lowest BCUT2D eigenvalue weighted by atomic mass is 9.78. The lowest BCUT2D eigenvalue weighted by molar-refractivity contribution is -0.214. The number of aromatic hydroxyl groups is 1. The van der Waals surface area contributed by atoms with Gasteiger partial charge in [-0.15, -0.1) is 0 Å². The molecule has 1 saturated heterocycles. The van der Waals surface area contributed by atoms with Crippen LogP contribution in [-0.2, 0) is 9.47 Å². The van der Waals surface area contributed by atoms with Crippen molar-refractivity contribution in [3.63, 3.8) is 0 Å². The molecule has 0 bridgehead atoms. The Kier molecular flexibility index (Phi) is 3.39. The average Bonchev–Trinajstić information content (AvgIpc) is 2.42. The highest BCUT2D eigenvalue weighted by Gasteiger charge is 2.50. The molecule has 0 radical (unpaired) electrons. The maximum Gasteiger partial charge on any atom is 0.136 e. The smallest absolute Gasteiger partial charge is 0.136 e. The fourth-order valence-corrected chi connectivity index (χ4v) is 3.54. The number of nitrogens with zero attached hydrogens (tertiary/aromatic N) is 1. The van der Waals surface area contributed by atoms with Crippen molar-refractivity contribution in [2.24, 2.45) is 5.92 Å². The first kappa shape index (κ1) is 14.6. The minimum absolute atomic E-state index is 0.0253. The Hall–Kier alpha value is -1.30. The molecular formula is C16H23NO4. The molecule has 0 aromatic heterocycles. The van der Waals surface area contributed by atoms with Crippen LogP contribution in [0, 0.1) is 5.92 Å². The minimum atomic E-state index is -0.581. The van der Waals surface area contributed by atoms with Crippen LogP contribution in [0.3, 0.4) is 0 Å². The molecule has 1 aromatic carbocycles. The third-order valence-corrected chi connectivity index (χ3v) is 4.81. The summed E-state index contributed by atoms with van der Waals surface area (Å²) in [6, 6.07) is 5.29. The third kappa shape index (κ3) is 2.20. The fourth-order valence-electron chi connectivity index (χ4n) is 3.54. The van der Waals surface area contributed by atoms with Crippen molar-refractivity contribution in [3.8, 4) is 5.75 Å². The number of hydrogen-bond acceptors (Lipinski definition) is 5. The van der Waals surface area contributed by atoms with Crippen LogP contribution < -0.4 is 4.90 Å². The molecule has 0 spiro atoms. The van der Waals surface area contributed by atoms with Crippen molar-refractivity contribution < 1.29 is 19.7 Å². The summed E-state index contributed by atoms with van der Waals surface area (Å²) in [5.41, 5.74) is 1.35. The third-order valence-electron chi connectivity index (χ3n) is 4.81. The maximum absolute atomic E-state index is 10.3. The number of aliphatic hydroxyl groups excluding tert-OH is 1. The average molecular weight is 293 g/mol. The van der Waals surface area contributed by atoms with E-state index in [9.17, 15) is 10.2 Å². The van der Waals surface area contributed by atoms with Gasteiger partial charge in [-0.1, -0.05) is 0 Å². The van der Waals surface area contributed by atoms with E-state index in [1.807, 2.05) is 27.0 Å². The monoisotopic (exact) mass is 293 g/mol. The van der Waals surface area contributed by atoms with Crippen molar-refractivity contribution in [1.29, 1.82) is 0 Å². The van der Waals surface area contributed by atoms with Gasteiger partial charge in [0.15, 0.2) is 0 Å². The molecule has 5 heteroatoms. The normalized spacial score (nSPS) is 34.2. The molecule has 2 aliphatic rings. The number of rotatable bonds is 1. The molecule has 0 unspecified atom stereocenters. The number of fused-ring (bicyclic) bond motifs is 2. The molecule has 21 heavy (non-hydrogen) atoms. The molecule has 3 rings (SSSR count). The number of phenolic OH excluding ortho intramolecular Hbond substituents is 1. The van der Waals surface area contributed by atoms with E-state index < -0.39 is 11.7 Å². The predicted molar refractivity (Wildman–Crippen MR) is 79.3 cm³/mol. The molecule has 0 saturated carbocycles. The van der Waals surface area contributed by atoms with Crippen LogP contribution in [-0.4, -0.2) is 42.3 Å². The van der Waals surface area contributed by atoms with Gasteiger partial charge in [-0.25, -0.2) is 0 Å². The number of hydrogen-bond donors (Lipinski definition) is 2. The Morgan fingerprint density at radius 2 is 2.10 bits per heavy atom. The summed E-state index contributed by atoms with van der Waals surface area (Å²) in [4.78, 5) is 2.07. The van der Waals surface area contributed by atoms with E-state index in [4.69, 9.17) is 9.47 Å². The summed E-state index contributed by atoms with van der Waals surface area (Å²) in [6.45, 7) is 3.83. The van der Waals surface area contributed by atoms with Crippen LogP contribution in [0.4, 0.5) is 5.69 Å². The maximum atomic E-state index is 10.3. The predicted octanol–water partition coefficient (Wildman–Crippen LogP) is 2.03. The number of ether oxygens (including phenoxy) is 2. The zero-order chi connectivity index (χ0) is 15.4. The van der Waals surface area contributed by atoms with Crippen LogP contribution >= 0.6 is 0 Å². The summed E-state index contributed by atoms with van der Waals surface area (Å²) >= 11 is 0. The molecule has 0 aliphatic carbocycles. The van der Waals surface area contributed by atoms with Gasteiger partial charge in [0.05, 0.1) is 17.8 Å². The van der Waals surface area contributed by atoms with Crippen molar-refractivity contribution in [1.82, 2.24) is 0 Å². The summed E-state index contributed by atoms with van der Waals surface area (Å²) in [7, 11) is 3.64. The van der Waals surface area contributed by atoms with E-state index >= 15 is 0 Å². The molecule has 2 heterocycles. The van der Waals surface area contributed by atoms with Gasteiger partial charge in [-0.3, -0.25) is 0 Å². The standard InChI is InChI=1S/C16H23NO4/c1-16(2)13(19)8-11-14(20-4)10-7-9(18)5-6-12(10)17(3)15(11)21-16/h5-7,11,13-15,18-19H,8H2,1-4H3/t11-,13+,14-,15+/m1/s1. The first-order chi connectivity index (χ1) is 9.85. The highest BCUT2D eigenvalue weighted by Crippen LogP contribution is 2.49. The van der Waals surface area contributed by atoms with Gasteiger partial charge in [0.25, 0.3) is 0 Å². The van der Waals surface area contributed by atoms with Crippen molar-refractivity contribution in [3.05, 3.63) is 23.8 Å². The van der Waals surface area contributed by atoms with Crippen molar-refractivity contribution >= 4 is 5.69 Å². The quantitative estimate of drug-likeness (QED) is 0.829. The van der Waals surface area contributed by atoms with E-state index in [1.165, 1.54) is 0 Å². The zero-order valence-corrected chi connectivity index (χ0v) is 12.9. The molecule has 1 fully saturated rings. The Labute approximate surface area is 125 Å². The van der Waals surface area contributed by atoms with Crippen LogP contribution in [0.25, 0.3) is 0 Å². The number of benzene rings is 1. The van der Waals surface area contributed by atoms with E-state index in [0.717, 1.165) is 11.3 Å². The summed E-state index contributed by atoms with van der Waals surface area (Å²) in [5.74, 6) is 0.248. The first-order valence-electron chi connectivity index (χ1n) is 7.29. The largest absolute Gasteiger partial charge is 0.508 e. The SMILES string of the molecule is CO[C@@H]1c2cc(O)ccc2N(C)[C@H]2OC(C)(C)[C@@H](O)C[C@H]12. The lowest BCUT2D eigenvalue weighted by Crippen LogP contribution is -2.59. The van der Waals surface area contributed by atoms with Crippen LogP contribution in [0.5, 0.6) is 5.75 Å². The second-order valence-corrected chi connectivity index (χ2v) is 6.54. The van der Waals surface area contributed by atoms with E-state index in [2.05, 4.69) is 4.90 Å². The summed E-state index contributed by atoms with van der Waals surface area (Å²) in [5, 5.41) is 20.1. The molecule has 1 aromatic rings. The number of methoxy groups -OCH3 is 1. The van der Waals surface area contributed by atoms with E-state index in [1.54, 1.807) is 19.2 Å². The molecule has 116 valence electrons. The van der Waals surface area contributed by atoms with Crippen LogP contribution in [0.2, 0.25) is 0 Å². The van der Waals surface area contributed by atoms with Gasteiger partial charge in [0, 0.05) is 31.3 Å². The number of phenols is 1. The molecule has 2 N–H and O–H groups in total. The van der Waals surface area contributed by atoms with E-state index in [-0.39, 0.29) is 24.0 Å². The minimum Gasteiger partial charge on any atom is -0.508 e. The van der Waals surface area contributed by atoms with Crippen molar-refractivity contribution in [2.45, 2.75) is 44.3 Å². The fraction of sp³-hybridized carbons (Fsp3) is 0.625. The second-order valence-electron chi connectivity index (χ2n) is 6.54. The van der Waals surface area contributed by atoms with Crippen LogP contribution in [0.1, 0.15) is 31.9 Å². The van der Waals surface area contributed by atoms with Gasteiger partial charge in [-0.05, 0) is 38.5 Å². The number of aliphatic hydroxyl groups is 1. The van der Waals surface area contributed by atoms with Gasteiger partial charge in [0.2, 0.25) is 0 Å². The summed E-state index contributed by atoms with van der Waals surface area (Å²) in [6.07, 6.45) is -0.275. The zero-order valence-electron chi connectivity index (χ0n) is 12.9. The molecule has 0 amide bonds. The Morgan fingerprint density at radius 1 is 1.38 bits per heavy atom. The first-order valence-corrected chi connectivity index (χ1v) is 7.29. The van der Waals surface area contributed by atoms with Crippen LogP contribution in [0.15, 0.2) is 18.2 Å². The number of anilines is 1. The molecule has 2 aliphatic heterocycles. The van der Waals surface area contributed by atoms with E-state index in [0.29, 0.717) is 6.42 Å². The van der Waals surface area contributed by atoms with Gasteiger partial charge >= 0.3 is 0 Å². The van der Waals surface area contributed by atoms with Gasteiger partial charge in [-0.2, -0.15) is 0 Å². The topological polar surface area (TPSA) is 62.2 Å². The Balaban J connectivity index is 2.06. The molecule has 5 nitrogen and oxygen atoms in total. The highest BCUT2D eigenvalue weighted by atomic mass is 16.5. The molecule has 4 atom stereocenters. The van der Waals surface area contributed by atoms with Gasteiger partial charge < -0.3 is 24.6 Å². The Morgan fingerprint density at radius 3 is 2.76 bits per heavy atom. The second kappa shape index (κ2) is 4.87. The lowest BCUT2D eigenvalue weighted by Gasteiger charge is -2.53. The van der Waals surface area contributed by atoms with Crippen molar-refractivity contribution in [2.75, 3.05) is 19.1 Å². The Bertz CT molecular complexity index is 545. The molecular weight excluding hydrogens is 270 g/mol. The van der Waals surface area contributed by atoms with Gasteiger partial charge in [0.1, 0.15) is 12.0 Å². The summed E-state index contributed by atoms with van der Waals surface area (Å²) < 4.78 is 11.8. The highest BCUT2D eigenvalue weighted by molar-refractivity contribution is 5.59.